The molecule has 0 nitrogen and oxygen atoms in total. The highest BCUT2D eigenvalue weighted by molar-refractivity contribution is 4.76. The summed E-state index contributed by atoms with van der Waals surface area (Å²) in [5, 5.41) is 0. The Balaban J connectivity index is 0. The van der Waals surface area contributed by atoms with Gasteiger partial charge in [0.15, 0.2) is 0 Å². The molecular formula is C19H37. The second-order valence-electron chi connectivity index (χ2n) is 5.12. The first-order valence-electron chi connectivity index (χ1n) is 8.34. The molecule has 0 spiro atoms. The molecule has 0 aliphatic heterocycles. The van der Waals surface area contributed by atoms with Gasteiger partial charge in [0.25, 0.3) is 0 Å². The Kier molecular flexibility index (Phi) is 24.8. The number of allylic oxidation sites excluding steroid dienone is 3. The predicted molar refractivity (Wildman–Crippen MR) is 91.4 cm³/mol. The SMILES string of the molecule is CC=CCCCCCCC.[CH2]CCCCCCC=C. The minimum atomic E-state index is 1.09. The van der Waals surface area contributed by atoms with Gasteiger partial charge in [-0.15, -0.1) is 6.58 Å². The van der Waals surface area contributed by atoms with Gasteiger partial charge in [-0.25, -0.2) is 0 Å². The largest absolute Gasteiger partial charge is 0.103 e. The molecule has 0 saturated heterocycles. The van der Waals surface area contributed by atoms with Crippen molar-refractivity contribution >= 4 is 0 Å². The van der Waals surface area contributed by atoms with Gasteiger partial charge in [0.05, 0.1) is 0 Å². The van der Waals surface area contributed by atoms with E-state index in [1.165, 1.54) is 70.6 Å². The van der Waals surface area contributed by atoms with Gasteiger partial charge in [-0.2, -0.15) is 0 Å². The van der Waals surface area contributed by atoms with Crippen molar-refractivity contribution in [2.24, 2.45) is 0 Å². The molecule has 0 heterocycles. The summed E-state index contributed by atoms with van der Waals surface area (Å²) in [5.74, 6) is 0. The van der Waals surface area contributed by atoms with Crippen molar-refractivity contribution in [1.82, 2.24) is 0 Å². The predicted octanol–water partition coefficient (Wildman–Crippen LogP) is 7.27. The minimum absolute atomic E-state index is 1.09. The van der Waals surface area contributed by atoms with Crippen LogP contribution in [0.15, 0.2) is 24.8 Å². The third-order valence-corrected chi connectivity index (χ3v) is 3.12. The van der Waals surface area contributed by atoms with Crippen LogP contribution in [-0.2, 0) is 0 Å². The van der Waals surface area contributed by atoms with Crippen LogP contribution >= 0.6 is 0 Å². The lowest BCUT2D eigenvalue weighted by atomic mass is 10.1. The molecule has 0 atom stereocenters. The summed E-state index contributed by atoms with van der Waals surface area (Å²) in [5.41, 5.74) is 0. The van der Waals surface area contributed by atoms with Crippen molar-refractivity contribution < 1.29 is 0 Å². The lowest BCUT2D eigenvalue weighted by Gasteiger charge is -1.95. The van der Waals surface area contributed by atoms with Crippen molar-refractivity contribution in [3.8, 4) is 0 Å². The van der Waals surface area contributed by atoms with Crippen molar-refractivity contribution in [2.45, 2.75) is 90.9 Å². The lowest BCUT2D eigenvalue weighted by molar-refractivity contribution is 0.637. The topological polar surface area (TPSA) is 0 Å². The summed E-state index contributed by atoms with van der Waals surface area (Å²) in [6.45, 7) is 11.8. The van der Waals surface area contributed by atoms with Crippen LogP contribution in [0.4, 0.5) is 0 Å². The Morgan fingerprint density at radius 1 is 0.789 bits per heavy atom. The minimum Gasteiger partial charge on any atom is -0.103 e. The number of unbranched alkanes of at least 4 members (excludes halogenated alkanes) is 10. The zero-order valence-electron chi connectivity index (χ0n) is 13.6. The van der Waals surface area contributed by atoms with E-state index in [1.807, 2.05) is 6.08 Å². The van der Waals surface area contributed by atoms with Gasteiger partial charge in [0.1, 0.15) is 0 Å². The number of hydrogen-bond acceptors (Lipinski definition) is 0. The molecule has 0 N–H and O–H groups in total. The van der Waals surface area contributed by atoms with Crippen molar-refractivity contribution in [1.29, 1.82) is 0 Å². The maximum Gasteiger partial charge on any atom is -0.0351 e. The van der Waals surface area contributed by atoms with Gasteiger partial charge in [-0.3, -0.25) is 0 Å². The van der Waals surface area contributed by atoms with Crippen LogP contribution in [0, 0.1) is 6.92 Å². The van der Waals surface area contributed by atoms with Crippen molar-refractivity contribution in [3.05, 3.63) is 31.7 Å². The molecular weight excluding hydrogens is 228 g/mol. The molecule has 0 aromatic rings. The highest BCUT2D eigenvalue weighted by Crippen LogP contribution is 2.05. The zero-order valence-corrected chi connectivity index (χ0v) is 13.6. The average Bonchev–Trinajstić information content (AvgIpc) is 2.43. The molecule has 0 heteroatoms. The Labute approximate surface area is 123 Å². The highest BCUT2D eigenvalue weighted by atomic mass is 13.9. The van der Waals surface area contributed by atoms with E-state index < -0.39 is 0 Å². The second-order valence-corrected chi connectivity index (χ2v) is 5.12. The summed E-state index contributed by atoms with van der Waals surface area (Å²) in [7, 11) is 0. The van der Waals surface area contributed by atoms with Crippen LogP contribution in [-0.4, -0.2) is 0 Å². The normalized spacial score (nSPS) is 10.3. The molecule has 113 valence electrons. The lowest BCUT2D eigenvalue weighted by Crippen LogP contribution is -1.75. The summed E-state index contributed by atoms with van der Waals surface area (Å²) in [4.78, 5) is 0. The third kappa shape index (κ3) is 26.9. The van der Waals surface area contributed by atoms with Crippen molar-refractivity contribution in [3.63, 3.8) is 0 Å². The van der Waals surface area contributed by atoms with Crippen LogP contribution in [0.3, 0.4) is 0 Å². The fourth-order valence-electron chi connectivity index (χ4n) is 1.85. The third-order valence-electron chi connectivity index (χ3n) is 3.12. The molecule has 1 radical (unpaired) electrons. The van der Waals surface area contributed by atoms with E-state index in [4.69, 9.17) is 0 Å². The van der Waals surface area contributed by atoms with Crippen LogP contribution in [0.2, 0.25) is 0 Å². The average molecular weight is 266 g/mol. The molecule has 0 aromatic carbocycles. The second kappa shape index (κ2) is 22.6. The Morgan fingerprint density at radius 3 is 1.89 bits per heavy atom. The highest BCUT2D eigenvalue weighted by Gasteiger charge is 1.85. The van der Waals surface area contributed by atoms with E-state index in [1.54, 1.807) is 0 Å². The number of rotatable bonds is 12. The zero-order chi connectivity index (χ0) is 14.6. The van der Waals surface area contributed by atoms with Gasteiger partial charge >= 0.3 is 0 Å². The van der Waals surface area contributed by atoms with E-state index in [0.29, 0.717) is 0 Å². The molecule has 0 aliphatic rings. The number of hydrogen-bond donors (Lipinski definition) is 0. The fourth-order valence-corrected chi connectivity index (χ4v) is 1.85. The summed E-state index contributed by atoms with van der Waals surface area (Å²) in [6, 6.07) is 0. The van der Waals surface area contributed by atoms with E-state index in [2.05, 4.69) is 39.5 Å². The van der Waals surface area contributed by atoms with E-state index in [-0.39, 0.29) is 0 Å². The molecule has 0 bridgehead atoms. The first-order chi connectivity index (χ1) is 9.33. The molecule has 19 heavy (non-hydrogen) atoms. The smallest absolute Gasteiger partial charge is 0.0351 e. The fraction of sp³-hybridized carbons (Fsp3) is 0.737. The summed E-state index contributed by atoms with van der Waals surface area (Å²) in [6.07, 6.45) is 22.2. The standard InChI is InChI=1S/C10H20.C9H17/c1-3-5-7-9-10-8-6-4-2;1-3-5-7-9-8-6-4-2/h3,5H,4,6-10H2,1-2H3;3H,1-2,4-9H2. The van der Waals surface area contributed by atoms with Crippen LogP contribution in [0.1, 0.15) is 90.9 Å². The maximum absolute atomic E-state index is 3.78. The maximum atomic E-state index is 3.78. The van der Waals surface area contributed by atoms with Gasteiger partial charge in [-0.05, 0) is 32.6 Å². The van der Waals surface area contributed by atoms with Gasteiger partial charge in [-0.1, -0.05) is 83.4 Å². The first kappa shape index (κ1) is 20.8. The molecule has 0 amide bonds. The van der Waals surface area contributed by atoms with E-state index in [0.717, 1.165) is 6.42 Å². The molecule has 0 unspecified atom stereocenters. The van der Waals surface area contributed by atoms with Crippen LogP contribution < -0.4 is 0 Å². The molecule has 0 fully saturated rings. The van der Waals surface area contributed by atoms with Gasteiger partial charge in [0.2, 0.25) is 0 Å². The monoisotopic (exact) mass is 265 g/mol. The van der Waals surface area contributed by atoms with Crippen LogP contribution in [0.5, 0.6) is 0 Å². The van der Waals surface area contributed by atoms with Crippen LogP contribution in [0.25, 0.3) is 0 Å². The quantitative estimate of drug-likeness (QED) is 0.257. The molecule has 0 aliphatic carbocycles. The van der Waals surface area contributed by atoms with Gasteiger partial charge < -0.3 is 0 Å². The molecule has 0 saturated carbocycles. The first-order valence-corrected chi connectivity index (χ1v) is 8.34. The van der Waals surface area contributed by atoms with Crippen molar-refractivity contribution in [2.75, 3.05) is 0 Å². The Hall–Kier alpha value is -0.520. The Morgan fingerprint density at radius 2 is 1.37 bits per heavy atom. The summed E-state index contributed by atoms with van der Waals surface area (Å²) < 4.78 is 0. The summed E-state index contributed by atoms with van der Waals surface area (Å²) >= 11 is 0. The van der Waals surface area contributed by atoms with Gasteiger partial charge in [0, 0.05) is 0 Å². The van der Waals surface area contributed by atoms with E-state index in [9.17, 15) is 0 Å². The molecule has 0 aromatic heterocycles. The molecule has 0 rings (SSSR count). The van der Waals surface area contributed by atoms with E-state index >= 15 is 0 Å². The Bertz CT molecular complexity index is 167.